The van der Waals surface area contributed by atoms with Crippen LogP contribution in [0.15, 0.2) is 36.0 Å². The maximum atomic E-state index is 11.2. The molecule has 196 valence electrons. The summed E-state index contributed by atoms with van der Waals surface area (Å²) >= 11 is 13.2. The highest BCUT2D eigenvalue weighted by Crippen LogP contribution is 2.37. The van der Waals surface area contributed by atoms with Gasteiger partial charge in [0.05, 0.1) is 17.3 Å². The van der Waals surface area contributed by atoms with Crippen LogP contribution in [0, 0.1) is 5.92 Å². The summed E-state index contributed by atoms with van der Waals surface area (Å²) in [6, 6.07) is 8.30. The minimum atomic E-state index is -0.681. The standard InChI is InChI=1S/C28H32Cl2N4O3/c1-3-17(2)34-27-24(26(30)32-34)12-18(14-31-27)16-37-22-6-7-23-20(13-22)4-5-21(25(23)29)15-33-10-8-19(9-11-33)28(35)36/h6-7,12-14,17,19H,3-5,8-11,15-16H2,1-2H3,(H,35,36). The van der Waals surface area contributed by atoms with E-state index in [4.69, 9.17) is 27.9 Å². The van der Waals surface area contributed by atoms with Crippen molar-refractivity contribution in [1.29, 1.82) is 0 Å². The zero-order valence-electron chi connectivity index (χ0n) is 21.2. The van der Waals surface area contributed by atoms with Crippen molar-refractivity contribution in [3.05, 3.63) is 57.9 Å². The fourth-order valence-electron chi connectivity index (χ4n) is 5.18. The Morgan fingerprint density at radius 3 is 2.73 bits per heavy atom. The van der Waals surface area contributed by atoms with Crippen molar-refractivity contribution >= 4 is 45.2 Å². The number of aliphatic carboxylic acids is 1. The van der Waals surface area contributed by atoms with Gasteiger partial charge in [-0.15, -0.1) is 0 Å². The van der Waals surface area contributed by atoms with Gasteiger partial charge in [0.1, 0.15) is 12.4 Å². The van der Waals surface area contributed by atoms with Gasteiger partial charge in [-0.3, -0.25) is 9.69 Å². The number of piperidine rings is 1. The molecule has 3 heterocycles. The Balaban J connectivity index is 1.24. The molecule has 0 radical (unpaired) electrons. The summed E-state index contributed by atoms with van der Waals surface area (Å²) < 4.78 is 7.99. The summed E-state index contributed by atoms with van der Waals surface area (Å²) in [5.74, 6) is -0.105. The number of likely N-dealkylation sites (tertiary alicyclic amines) is 1. The molecule has 9 heteroatoms. The summed E-state index contributed by atoms with van der Waals surface area (Å²) in [6.45, 7) is 7.00. The van der Waals surface area contributed by atoms with E-state index in [9.17, 15) is 9.90 Å². The van der Waals surface area contributed by atoms with E-state index in [-0.39, 0.29) is 12.0 Å². The number of ether oxygens (including phenoxy) is 1. The minimum Gasteiger partial charge on any atom is -0.489 e. The van der Waals surface area contributed by atoms with Crippen LogP contribution in [0.25, 0.3) is 16.1 Å². The number of rotatable bonds is 8. The number of carboxylic acid groups (broad SMARTS) is 1. The van der Waals surface area contributed by atoms with Gasteiger partial charge in [-0.1, -0.05) is 30.1 Å². The largest absolute Gasteiger partial charge is 0.489 e. The molecular formula is C28H32Cl2N4O3. The van der Waals surface area contributed by atoms with Crippen molar-refractivity contribution in [2.45, 2.75) is 58.6 Å². The van der Waals surface area contributed by atoms with E-state index < -0.39 is 5.97 Å². The van der Waals surface area contributed by atoms with Gasteiger partial charge in [0.25, 0.3) is 0 Å². The number of hydrogen-bond donors (Lipinski definition) is 1. The van der Waals surface area contributed by atoms with Crippen LogP contribution in [-0.2, 0) is 17.8 Å². The van der Waals surface area contributed by atoms with Crippen LogP contribution in [0.4, 0.5) is 0 Å². The van der Waals surface area contributed by atoms with E-state index >= 15 is 0 Å². The third kappa shape index (κ3) is 5.49. The average Bonchev–Trinajstić information content (AvgIpc) is 3.24. The minimum absolute atomic E-state index is 0.219. The monoisotopic (exact) mass is 542 g/mol. The molecule has 1 aliphatic carbocycles. The molecular weight excluding hydrogens is 511 g/mol. The van der Waals surface area contributed by atoms with Gasteiger partial charge < -0.3 is 9.84 Å². The molecule has 7 nitrogen and oxygen atoms in total. The Hall–Kier alpha value is -2.61. The number of pyridine rings is 1. The molecule has 1 N–H and O–H groups in total. The Morgan fingerprint density at radius 2 is 2.00 bits per heavy atom. The fraction of sp³-hybridized carbons (Fsp3) is 0.464. The predicted molar refractivity (Wildman–Crippen MR) is 146 cm³/mol. The number of aryl methyl sites for hydroxylation is 1. The Labute approximate surface area is 227 Å². The summed E-state index contributed by atoms with van der Waals surface area (Å²) in [6.07, 6.45) is 5.97. The topological polar surface area (TPSA) is 80.5 Å². The molecule has 2 aromatic heterocycles. The highest BCUT2D eigenvalue weighted by molar-refractivity contribution is 6.49. The second kappa shape index (κ2) is 11.0. The number of nitrogens with zero attached hydrogens (tertiary/aromatic N) is 4. The van der Waals surface area contributed by atoms with Crippen LogP contribution in [-0.4, -0.2) is 50.4 Å². The molecule has 5 rings (SSSR count). The quantitative estimate of drug-likeness (QED) is 0.358. The Bertz CT molecular complexity index is 1340. The number of benzene rings is 1. The number of carbonyl (C=O) groups is 1. The van der Waals surface area contributed by atoms with Crippen LogP contribution < -0.4 is 4.74 Å². The first-order valence-electron chi connectivity index (χ1n) is 13.0. The molecule has 37 heavy (non-hydrogen) atoms. The molecule has 1 aromatic carbocycles. The van der Waals surface area contributed by atoms with Crippen LogP contribution in [0.2, 0.25) is 5.15 Å². The maximum Gasteiger partial charge on any atom is 0.306 e. The number of carboxylic acids is 1. The van der Waals surface area contributed by atoms with Gasteiger partial charge in [0, 0.05) is 23.3 Å². The molecule has 1 atom stereocenters. The van der Waals surface area contributed by atoms with Crippen molar-refractivity contribution in [2.24, 2.45) is 5.92 Å². The van der Waals surface area contributed by atoms with Gasteiger partial charge in [0.15, 0.2) is 10.8 Å². The van der Waals surface area contributed by atoms with E-state index in [0.29, 0.717) is 24.6 Å². The normalized spacial score (nSPS) is 17.7. The molecule has 1 saturated heterocycles. The van der Waals surface area contributed by atoms with Gasteiger partial charge in [-0.05, 0) is 93.1 Å². The fourth-order valence-corrected chi connectivity index (χ4v) is 5.74. The molecule has 0 spiro atoms. The molecule has 2 aliphatic rings. The second-order valence-corrected chi connectivity index (χ2v) is 10.9. The first-order chi connectivity index (χ1) is 17.8. The van der Waals surface area contributed by atoms with E-state index in [0.717, 1.165) is 71.8 Å². The molecule has 0 bridgehead atoms. The van der Waals surface area contributed by atoms with Gasteiger partial charge in [-0.2, -0.15) is 5.10 Å². The van der Waals surface area contributed by atoms with Gasteiger partial charge >= 0.3 is 5.97 Å². The average molecular weight is 543 g/mol. The van der Waals surface area contributed by atoms with Crippen molar-refractivity contribution < 1.29 is 14.6 Å². The molecule has 0 amide bonds. The number of hydrogen-bond acceptors (Lipinski definition) is 5. The SMILES string of the molecule is CCC(C)n1nc(Cl)c2cc(COc3ccc4c(c3)CCC(CN3CCC(C(=O)O)CC3)=C4Cl)cnc21. The summed E-state index contributed by atoms with van der Waals surface area (Å²) in [7, 11) is 0. The third-order valence-corrected chi connectivity index (χ3v) is 8.39. The van der Waals surface area contributed by atoms with Crippen molar-refractivity contribution in [2.75, 3.05) is 19.6 Å². The van der Waals surface area contributed by atoms with Crippen molar-refractivity contribution in [3.63, 3.8) is 0 Å². The first kappa shape index (κ1) is 26.0. The van der Waals surface area contributed by atoms with Crippen LogP contribution in [0.1, 0.15) is 62.3 Å². The van der Waals surface area contributed by atoms with E-state index in [1.165, 1.54) is 11.1 Å². The van der Waals surface area contributed by atoms with Crippen LogP contribution in [0.3, 0.4) is 0 Å². The van der Waals surface area contributed by atoms with Crippen molar-refractivity contribution in [1.82, 2.24) is 19.7 Å². The van der Waals surface area contributed by atoms with Crippen molar-refractivity contribution in [3.8, 4) is 5.75 Å². The predicted octanol–water partition coefficient (Wildman–Crippen LogP) is 6.33. The molecule has 3 aromatic rings. The second-order valence-electron chi connectivity index (χ2n) is 10.1. The highest BCUT2D eigenvalue weighted by Gasteiger charge is 2.26. The van der Waals surface area contributed by atoms with Crippen LogP contribution >= 0.6 is 23.2 Å². The first-order valence-corrected chi connectivity index (χ1v) is 13.7. The Morgan fingerprint density at radius 1 is 1.22 bits per heavy atom. The zero-order chi connectivity index (χ0) is 26.1. The summed E-state index contributed by atoms with van der Waals surface area (Å²) in [5, 5.41) is 15.8. The van der Waals surface area contributed by atoms with Crippen LogP contribution in [0.5, 0.6) is 5.75 Å². The number of halogens is 2. The summed E-state index contributed by atoms with van der Waals surface area (Å²) in [5.41, 5.74) is 5.19. The number of aromatic nitrogens is 3. The maximum absolute atomic E-state index is 11.2. The lowest BCUT2D eigenvalue weighted by atomic mass is 9.90. The molecule has 1 aliphatic heterocycles. The van der Waals surface area contributed by atoms with E-state index in [1.807, 2.05) is 29.1 Å². The lowest BCUT2D eigenvalue weighted by Gasteiger charge is -2.32. The van der Waals surface area contributed by atoms with Gasteiger partial charge in [-0.25, -0.2) is 9.67 Å². The van der Waals surface area contributed by atoms with E-state index in [2.05, 4.69) is 34.9 Å². The zero-order valence-corrected chi connectivity index (χ0v) is 22.7. The smallest absolute Gasteiger partial charge is 0.306 e. The molecule has 1 unspecified atom stereocenters. The van der Waals surface area contributed by atoms with Gasteiger partial charge in [0.2, 0.25) is 0 Å². The Kier molecular flexibility index (Phi) is 7.75. The lowest BCUT2D eigenvalue weighted by Crippen LogP contribution is -2.37. The summed E-state index contributed by atoms with van der Waals surface area (Å²) in [4.78, 5) is 18.2. The third-order valence-electron chi connectivity index (χ3n) is 7.64. The number of fused-ring (bicyclic) bond motifs is 2. The molecule has 0 saturated carbocycles. The van der Waals surface area contributed by atoms with E-state index in [1.54, 1.807) is 0 Å². The molecule has 1 fully saturated rings. The highest BCUT2D eigenvalue weighted by atomic mass is 35.5. The lowest BCUT2D eigenvalue weighted by molar-refractivity contribution is -0.143.